The summed E-state index contributed by atoms with van der Waals surface area (Å²) in [6.07, 6.45) is -0.176. The SMILES string of the molecule is CC(NC1CCCNC1)C(F)F. The Kier molecular flexibility index (Phi) is 3.88. The molecule has 2 unspecified atom stereocenters. The molecule has 0 aliphatic carbocycles. The molecule has 12 heavy (non-hydrogen) atoms. The zero-order valence-corrected chi connectivity index (χ0v) is 7.32. The highest BCUT2D eigenvalue weighted by Gasteiger charge is 2.20. The minimum atomic E-state index is -2.26. The number of piperidine rings is 1. The fourth-order valence-electron chi connectivity index (χ4n) is 1.44. The van der Waals surface area contributed by atoms with Crippen LogP contribution in [0.3, 0.4) is 0 Å². The number of rotatable bonds is 3. The Bertz CT molecular complexity index is 124. The van der Waals surface area contributed by atoms with Crippen molar-refractivity contribution in [1.29, 1.82) is 0 Å². The van der Waals surface area contributed by atoms with Crippen molar-refractivity contribution in [2.75, 3.05) is 13.1 Å². The lowest BCUT2D eigenvalue weighted by atomic mass is 10.1. The molecule has 0 radical (unpaired) electrons. The second-order valence-corrected chi connectivity index (χ2v) is 3.33. The van der Waals surface area contributed by atoms with Crippen molar-refractivity contribution in [2.45, 2.75) is 38.3 Å². The molecule has 1 saturated heterocycles. The van der Waals surface area contributed by atoms with Crippen LogP contribution in [-0.2, 0) is 0 Å². The first-order valence-corrected chi connectivity index (χ1v) is 4.45. The molecule has 1 rings (SSSR count). The first-order chi connectivity index (χ1) is 5.70. The smallest absolute Gasteiger partial charge is 0.253 e. The largest absolute Gasteiger partial charge is 0.315 e. The Morgan fingerprint density at radius 2 is 2.25 bits per heavy atom. The predicted molar refractivity (Wildman–Crippen MR) is 44.5 cm³/mol. The zero-order chi connectivity index (χ0) is 8.97. The number of halogens is 2. The lowest BCUT2D eigenvalue weighted by Gasteiger charge is -2.26. The third-order valence-electron chi connectivity index (χ3n) is 2.17. The first-order valence-electron chi connectivity index (χ1n) is 4.45. The van der Waals surface area contributed by atoms with Crippen molar-refractivity contribution < 1.29 is 8.78 Å². The second kappa shape index (κ2) is 4.72. The van der Waals surface area contributed by atoms with Crippen molar-refractivity contribution in [3.63, 3.8) is 0 Å². The summed E-state index contributed by atoms with van der Waals surface area (Å²) in [5.74, 6) is 0. The summed E-state index contributed by atoms with van der Waals surface area (Å²) in [6.45, 7) is 3.36. The summed E-state index contributed by atoms with van der Waals surface area (Å²) in [5.41, 5.74) is 0. The van der Waals surface area contributed by atoms with Crippen molar-refractivity contribution in [1.82, 2.24) is 10.6 Å². The fourth-order valence-corrected chi connectivity index (χ4v) is 1.44. The van der Waals surface area contributed by atoms with Gasteiger partial charge in [0.15, 0.2) is 0 Å². The minimum Gasteiger partial charge on any atom is -0.315 e. The predicted octanol–water partition coefficient (Wildman–Crippen LogP) is 0.982. The van der Waals surface area contributed by atoms with Gasteiger partial charge in [-0.25, -0.2) is 8.78 Å². The van der Waals surface area contributed by atoms with Gasteiger partial charge in [-0.1, -0.05) is 0 Å². The monoisotopic (exact) mass is 178 g/mol. The van der Waals surface area contributed by atoms with Crippen molar-refractivity contribution in [3.05, 3.63) is 0 Å². The van der Waals surface area contributed by atoms with Gasteiger partial charge in [-0.15, -0.1) is 0 Å². The van der Waals surface area contributed by atoms with E-state index in [2.05, 4.69) is 10.6 Å². The summed E-state index contributed by atoms with van der Waals surface area (Å²) >= 11 is 0. The summed E-state index contributed by atoms with van der Waals surface area (Å²) in [5, 5.41) is 6.08. The normalized spacial score (nSPS) is 27.5. The van der Waals surface area contributed by atoms with Crippen LogP contribution in [-0.4, -0.2) is 31.6 Å². The van der Waals surface area contributed by atoms with Gasteiger partial charge in [0, 0.05) is 12.6 Å². The van der Waals surface area contributed by atoms with E-state index in [4.69, 9.17) is 0 Å². The van der Waals surface area contributed by atoms with Crippen LogP contribution >= 0.6 is 0 Å². The quantitative estimate of drug-likeness (QED) is 0.673. The summed E-state index contributed by atoms with van der Waals surface area (Å²) < 4.78 is 24.2. The molecule has 1 heterocycles. The molecule has 0 aromatic carbocycles. The van der Waals surface area contributed by atoms with Crippen molar-refractivity contribution >= 4 is 0 Å². The first kappa shape index (κ1) is 9.86. The Morgan fingerprint density at radius 1 is 1.50 bits per heavy atom. The van der Waals surface area contributed by atoms with E-state index in [-0.39, 0.29) is 6.04 Å². The maximum Gasteiger partial charge on any atom is 0.253 e. The van der Waals surface area contributed by atoms with Crippen LogP contribution in [0.5, 0.6) is 0 Å². The van der Waals surface area contributed by atoms with Crippen LogP contribution in [0.1, 0.15) is 19.8 Å². The van der Waals surface area contributed by atoms with E-state index in [1.165, 1.54) is 6.92 Å². The van der Waals surface area contributed by atoms with Gasteiger partial charge < -0.3 is 10.6 Å². The molecule has 72 valence electrons. The van der Waals surface area contributed by atoms with Gasteiger partial charge >= 0.3 is 0 Å². The highest BCUT2D eigenvalue weighted by Crippen LogP contribution is 2.06. The molecule has 0 bridgehead atoms. The lowest BCUT2D eigenvalue weighted by molar-refractivity contribution is 0.0975. The third-order valence-corrected chi connectivity index (χ3v) is 2.17. The minimum absolute atomic E-state index is 0.225. The number of hydrogen-bond donors (Lipinski definition) is 2. The maximum absolute atomic E-state index is 12.1. The molecule has 4 heteroatoms. The van der Waals surface area contributed by atoms with E-state index in [0.717, 1.165) is 25.9 Å². The third kappa shape index (κ3) is 3.03. The average molecular weight is 178 g/mol. The molecule has 0 amide bonds. The Morgan fingerprint density at radius 3 is 2.75 bits per heavy atom. The van der Waals surface area contributed by atoms with Gasteiger partial charge in [0.05, 0.1) is 6.04 Å². The summed E-state index contributed by atoms with van der Waals surface area (Å²) in [7, 11) is 0. The Hall–Kier alpha value is -0.220. The highest BCUT2D eigenvalue weighted by molar-refractivity contribution is 4.78. The Balaban J connectivity index is 2.20. The highest BCUT2D eigenvalue weighted by atomic mass is 19.3. The Labute approximate surface area is 71.7 Å². The molecule has 2 N–H and O–H groups in total. The summed E-state index contributed by atoms with van der Waals surface area (Å²) in [4.78, 5) is 0. The van der Waals surface area contributed by atoms with Gasteiger partial charge in [0.2, 0.25) is 0 Å². The topological polar surface area (TPSA) is 24.1 Å². The van der Waals surface area contributed by atoms with E-state index in [0.29, 0.717) is 0 Å². The molecule has 0 saturated carbocycles. The van der Waals surface area contributed by atoms with E-state index in [1.807, 2.05) is 0 Å². The second-order valence-electron chi connectivity index (χ2n) is 3.33. The number of alkyl halides is 2. The molecular weight excluding hydrogens is 162 g/mol. The van der Waals surface area contributed by atoms with Gasteiger partial charge in [-0.2, -0.15) is 0 Å². The lowest BCUT2D eigenvalue weighted by Crippen LogP contribution is -2.48. The van der Waals surface area contributed by atoms with E-state index in [1.54, 1.807) is 0 Å². The van der Waals surface area contributed by atoms with E-state index in [9.17, 15) is 8.78 Å². The van der Waals surface area contributed by atoms with Gasteiger partial charge in [-0.3, -0.25) is 0 Å². The molecule has 0 aromatic rings. The number of hydrogen-bond acceptors (Lipinski definition) is 2. The molecule has 2 nitrogen and oxygen atoms in total. The van der Waals surface area contributed by atoms with Gasteiger partial charge in [0.25, 0.3) is 6.43 Å². The van der Waals surface area contributed by atoms with Gasteiger partial charge in [0.1, 0.15) is 0 Å². The van der Waals surface area contributed by atoms with Crippen LogP contribution < -0.4 is 10.6 Å². The molecular formula is C8H16F2N2. The molecule has 2 atom stereocenters. The zero-order valence-electron chi connectivity index (χ0n) is 7.32. The van der Waals surface area contributed by atoms with E-state index >= 15 is 0 Å². The van der Waals surface area contributed by atoms with Crippen molar-refractivity contribution in [3.8, 4) is 0 Å². The van der Waals surface area contributed by atoms with E-state index < -0.39 is 12.5 Å². The molecule has 0 spiro atoms. The van der Waals surface area contributed by atoms with Crippen LogP contribution in [0.25, 0.3) is 0 Å². The molecule has 0 aromatic heterocycles. The van der Waals surface area contributed by atoms with Gasteiger partial charge in [-0.05, 0) is 26.3 Å². The standard InChI is InChI=1S/C8H16F2N2/c1-6(8(9)10)12-7-3-2-4-11-5-7/h6-8,11-12H,2-5H2,1H3. The maximum atomic E-state index is 12.1. The number of nitrogens with one attached hydrogen (secondary N) is 2. The fraction of sp³-hybridized carbons (Fsp3) is 1.00. The van der Waals surface area contributed by atoms with Crippen molar-refractivity contribution in [2.24, 2.45) is 0 Å². The van der Waals surface area contributed by atoms with Crippen LogP contribution in [0.15, 0.2) is 0 Å². The molecule has 1 aliphatic heterocycles. The molecule has 1 aliphatic rings. The average Bonchev–Trinajstić information content (AvgIpc) is 2.06. The molecule has 1 fully saturated rings. The van der Waals surface area contributed by atoms with Crippen LogP contribution in [0.2, 0.25) is 0 Å². The van der Waals surface area contributed by atoms with Crippen LogP contribution in [0.4, 0.5) is 8.78 Å². The van der Waals surface area contributed by atoms with Crippen LogP contribution in [0, 0.1) is 0 Å². The summed E-state index contributed by atoms with van der Waals surface area (Å²) in [6, 6.07) is -0.461.